The first-order valence-corrected chi connectivity index (χ1v) is 9.23. The van der Waals surface area contributed by atoms with Gasteiger partial charge in [0, 0.05) is 26.7 Å². The number of hydrogen-bond acceptors (Lipinski definition) is 3. The summed E-state index contributed by atoms with van der Waals surface area (Å²) in [5.41, 5.74) is 0. The zero-order chi connectivity index (χ0) is 15.8. The summed E-state index contributed by atoms with van der Waals surface area (Å²) >= 11 is 0. The van der Waals surface area contributed by atoms with Crippen molar-refractivity contribution in [3.8, 4) is 0 Å². The fraction of sp³-hybridized carbons (Fsp3) is 0.944. The van der Waals surface area contributed by atoms with Crippen LogP contribution in [0.5, 0.6) is 0 Å². The molecule has 1 heterocycles. The molecule has 2 aliphatic rings. The molecule has 1 amide bonds. The number of likely N-dealkylation sites (N-methyl/N-ethyl adjacent to an activating group) is 1. The third kappa shape index (κ3) is 5.88. The van der Waals surface area contributed by atoms with E-state index in [-0.39, 0.29) is 12.5 Å². The van der Waals surface area contributed by atoms with Gasteiger partial charge in [0.2, 0.25) is 5.91 Å². The molecule has 22 heavy (non-hydrogen) atoms. The van der Waals surface area contributed by atoms with E-state index in [0.29, 0.717) is 12.5 Å². The molecule has 4 nitrogen and oxygen atoms in total. The average molecular weight is 310 g/mol. The van der Waals surface area contributed by atoms with E-state index in [9.17, 15) is 4.79 Å². The van der Waals surface area contributed by atoms with Crippen molar-refractivity contribution in [1.29, 1.82) is 0 Å². The Labute approximate surface area is 136 Å². The molecule has 0 aromatic heterocycles. The van der Waals surface area contributed by atoms with Crippen molar-refractivity contribution in [3.05, 3.63) is 0 Å². The number of amides is 1. The highest BCUT2D eigenvalue weighted by Crippen LogP contribution is 2.30. The fourth-order valence-corrected chi connectivity index (χ4v) is 3.97. The zero-order valence-corrected chi connectivity index (χ0v) is 14.6. The first-order valence-electron chi connectivity index (χ1n) is 9.23. The highest BCUT2D eigenvalue weighted by Gasteiger charge is 2.26. The molecule has 2 fully saturated rings. The van der Waals surface area contributed by atoms with Gasteiger partial charge in [0.15, 0.2) is 0 Å². The second-order valence-electron chi connectivity index (χ2n) is 7.23. The minimum absolute atomic E-state index is 0.134. The molecule has 0 spiro atoms. The molecule has 2 atom stereocenters. The Hall–Kier alpha value is -0.610. The van der Waals surface area contributed by atoms with Crippen molar-refractivity contribution in [2.75, 3.05) is 46.4 Å². The Morgan fingerprint density at radius 2 is 1.91 bits per heavy atom. The number of ether oxygens (including phenoxy) is 1. The summed E-state index contributed by atoms with van der Waals surface area (Å²) in [7, 11) is 1.93. The van der Waals surface area contributed by atoms with Crippen molar-refractivity contribution in [1.82, 2.24) is 9.80 Å². The molecule has 1 aliphatic heterocycles. The highest BCUT2D eigenvalue weighted by atomic mass is 16.5. The summed E-state index contributed by atoms with van der Waals surface area (Å²) in [6.07, 6.45) is 9.02. The topological polar surface area (TPSA) is 32.8 Å². The monoisotopic (exact) mass is 310 g/mol. The Morgan fingerprint density at radius 1 is 1.18 bits per heavy atom. The van der Waals surface area contributed by atoms with Crippen molar-refractivity contribution in [3.63, 3.8) is 0 Å². The highest BCUT2D eigenvalue weighted by molar-refractivity contribution is 5.77. The average Bonchev–Trinajstić information content (AvgIpc) is 3.00. The maximum atomic E-state index is 12.0. The van der Waals surface area contributed by atoms with Gasteiger partial charge in [-0.1, -0.05) is 13.3 Å². The van der Waals surface area contributed by atoms with Gasteiger partial charge in [-0.3, -0.25) is 4.79 Å². The lowest BCUT2D eigenvalue weighted by molar-refractivity contribution is -0.135. The number of carbonyl (C=O) groups is 1. The van der Waals surface area contributed by atoms with E-state index >= 15 is 0 Å². The van der Waals surface area contributed by atoms with Crippen molar-refractivity contribution >= 4 is 5.91 Å². The molecule has 0 bridgehead atoms. The second-order valence-corrected chi connectivity index (χ2v) is 7.23. The summed E-state index contributed by atoms with van der Waals surface area (Å²) in [4.78, 5) is 16.6. The van der Waals surface area contributed by atoms with Crippen LogP contribution in [0.2, 0.25) is 0 Å². The molecule has 0 N–H and O–H groups in total. The molecule has 0 unspecified atom stereocenters. The van der Waals surface area contributed by atoms with E-state index in [2.05, 4.69) is 11.8 Å². The fourth-order valence-electron chi connectivity index (χ4n) is 3.97. The first-order chi connectivity index (χ1) is 10.7. The van der Waals surface area contributed by atoms with E-state index in [4.69, 9.17) is 4.74 Å². The van der Waals surface area contributed by atoms with Crippen LogP contribution in [0.15, 0.2) is 0 Å². The van der Waals surface area contributed by atoms with Gasteiger partial charge in [-0.25, -0.2) is 0 Å². The number of hydrogen-bond donors (Lipinski definition) is 0. The number of likely N-dealkylation sites (tertiary alicyclic amines) is 1. The third-order valence-electron chi connectivity index (χ3n) is 5.14. The summed E-state index contributed by atoms with van der Waals surface area (Å²) in [6.45, 7) is 7.78. The molecule has 1 aliphatic carbocycles. The van der Waals surface area contributed by atoms with Crippen LogP contribution in [0, 0.1) is 11.8 Å². The maximum absolute atomic E-state index is 12.0. The maximum Gasteiger partial charge on any atom is 0.248 e. The number of nitrogens with zero attached hydrogens (tertiary/aromatic N) is 2. The van der Waals surface area contributed by atoms with Crippen LogP contribution in [0.1, 0.15) is 51.9 Å². The molecule has 1 saturated carbocycles. The Balaban J connectivity index is 1.68. The second kappa shape index (κ2) is 9.51. The Kier molecular flexibility index (Phi) is 7.67. The van der Waals surface area contributed by atoms with E-state index < -0.39 is 0 Å². The predicted molar refractivity (Wildman–Crippen MR) is 89.9 cm³/mol. The molecular weight excluding hydrogens is 276 g/mol. The smallest absolute Gasteiger partial charge is 0.248 e. The lowest BCUT2D eigenvalue weighted by Gasteiger charge is -2.33. The van der Waals surface area contributed by atoms with Gasteiger partial charge in [0.25, 0.3) is 0 Å². The van der Waals surface area contributed by atoms with Gasteiger partial charge in [-0.15, -0.1) is 0 Å². The van der Waals surface area contributed by atoms with Gasteiger partial charge in [0.05, 0.1) is 0 Å². The van der Waals surface area contributed by atoms with Gasteiger partial charge in [-0.2, -0.15) is 0 Å². The molecule has 0 radical (unpaired) electrons. The number of rotatable bonds is 8. The largest absolute Gasteiger partial charge is 0.372 e. The standard InChI is InChI=1S/C18H34N2O2/c1-3-11-22-15-18(21)19(2)13-16-7-6-8-17(12-16)14-20-9-4-5-10-20/h16-17H,3-15H2,1-2H3/t16-,17+/m0/s1. The normalized spacial score (nSPS) is 26.3. The van der Waals surface area contributed by atoms with Crippen molar-refractivity contribution < 1.29 is 9.53 Å². The lowest BCUT2D eigenvalue weighted by Crippen LogP contribution is -2.37. The van der Waals surface area contributed by atoms with E-state index in [1.807, 2.05) is 11.9 Å². The van der Waals surface area contributed by atoms with Crippen LogP contribution >= 0.6 is 0 Å². The van der Waals surface area contributed by atoms with Crippen LogP contribution in [-0.4, -0.2) is 62.1 Å². The summed E-state index contributed by atoms with van der Waals surface area (Å²) in [6, 6.07) is 0. The van der Waals surface area contributed by atoms with E-state index in [1.165, 1.54) is 58.2 Å². The summed E-state index contributed by atoms with van der Waals surface area (Å²) < 4.78 is 5.37. The summed E-state index contributed by atoms with van der Waals surface area (Å²) in [5.74, 6) is 1.66. The lowest BCUT2D eigenvalue weighted by atomic mass is 9.81. The van der Waals surface area contributed by atoms with E-state index in [1.54, 1.807) is 0 Å². The SMILES string of the molecule is CCCOCC(=O)N(C)C[C@H]1CCC[C@@H](CN2CCCC2)C1. The molecule has 0 aromatic carbocycles. The van der Waals surface area contributed by atoms with Crippen LogP contribution < -0.4 is 0 Å². The molecule has 0 aromatic rings. The van der Waals surface area contributed by atoms with Gasteiger partial charge < -0.3 is 14.5 Å². The van der Waals surface area contributed by atoms with Gasteiger partial charge in [-0.05, 0) is 63.5 Å². The Bertz CT molecular complexity index is 329. The molecule has 128 valence electrons. The number of carbonyl (C=O) groups excluding carboxylic acids is 1. The minimum atomic E-state index is 0.134. The summed E-state index contributed by atoms with van der Waals surface area (Å²) in [5, 5.41) is 0. The first kappa shape index (κ1) is 17.7. The molecule has 4 heteroatoms. The van der Waals surface area contributed by atoms with Crippen LogP contribution in [0.25, 0.3) is 0 Å². The quantitative estimate of drug-likeness (QED) is 0.646. The zero-order valence-electron chi connectivity index (χ0n) is 14.6. The third-order valence-corrected chi connectivity index (χ3v) is 5.14. The van der Waals surface area contributed by atoms with Gasteiger partial charge >= 0.3 is 0 Å². The predicted octanol–water partition coefficient (Wildman–Crippen LogP) is 2.77. The molecule has 2 rings (SSSR count). The van der Waals surface area contributed by atoms with Crippen LogP contribution in [-0.2, 0) is 9.53 Å². The van der Waals surface area contributed by atoms with E-state index in [0.717, 1.165) is 18.9 Å². The van der Waals surface area contributed by atoms with Crippen LogP contribution in [0.4, 0.5) is 0 Å². The minimum Gasteiger partial charge on any atom is -0.372 e. The van der Waals surface area contributed by atoms with Crippen molar-refractivity contribution in [2.24, 2.45) is 11.8 Å². The van der Waals surface area contributed by atoms with Gasteiger partial charge in [0.1, 0.15) is 6.61 Å². The van der Waals surface area contributed by atoms with Crippen molar-refractivity contribution in [2.45, 2.75) is 51.9 Å². The van der Waals surface area contributed by atoms with Crippen LogP contribution in [0.3, 0.4) is 0 Å². The molecular formula is C18H34N2O2. The molecule has 1 saturated heterocycles. The Morgan fingerprint density at radius 3 is 2.64 bits per heavy atom.